The van der Waals surface area contributed by atoms with Crippen LogP contribution >= 0.6 is 15.9 Å². The van der Waals surface area contributed by atoms with E-state index in [-0.39, 0.29) is 5.91 Å². The lowest BCUT2D eigenvalue weighted by molar-refractivity contribution is 0.102. The van der Waals surface area contributed by atoms with Gasteiger partial charge >= 0.3 is 0 Å². The standard InChI is InChI=1S/C14H16BrN3O2/c1-8-13(9(2)18(3)17-8)16-14(19)10-5-6-12(20-4)11(15)7-10/h5-7H,1-4H3,(H,16,19). The zero-order valence-corrected chi connectivity index (χ0v) is 13.4. The highest BCUT2D eigenvalue weighted by Gasteiger charge is 2.14. The van der Waals surface area contributed by atoms with Gasteiger partial charge in [-0.25, -0.2) is 0 Å². The average molecular weight is 338 g/mol. The van der Waals surface area contributed by atoms with Crippen LogP contribution in [0.25, 0.3) is 0 Å². The number of nitrogens with zero attached hydrogens (tertiary/aromatic N) is 2. The van der Waals surface area contributed by atoms with Crippen LogP contribution in [0.3, 0.4) is 0 Å². The van der Waals surface area contributed by atoms with E-state index >= 15 is 0 Å². The number of benzene rings is 1. The van der Waals surface area contributed by atoms with E-state index < -0.39 is 0 Å². The van der Waals surface area contributed by atoms with E-state index in [1.54, 1.807) is 30.0 Å². The van der Waals surface area contributed by atoms with Crippen LogP contribution in [0.1, 0.15) is 21.7 Å². The number of hydrogen-bond donors (Lipinski definition) is 1. The Labute approximate surface area is 126 Å². The van der Waals surface area contributed by atoms with Crippen molar-refractivity contribution < 1.29 is 9.53 Å². The Balaban J connectivity index is 2.26. The first-order chi connectivity index (χ1) is 9.43. The number of anilines is 1. The number of aromatic nitrogens is 2. The number of amides is 1. The second kappa shape index (κ2) is 5.66. The molecule has 0 saturated carbocycles. The fourth-order valence-corrected chi connectivity index (χ4v) is 2.49. The molecule has 0 bridgehead atoms. The molecule has 0 spiro atoms. The molecule has 0 aliphatic rings. The minimum absolute atomic E-state index is 0.174. The summed E-state index contributed by atoms with van der Waals surface area (Å²) < 4.78 is 7.64. The first-order valence-electron chi connectivity index (χ1n) is 6.09. The Kier molecular flexibility index (Phi) is 4.13. The SMILES string of the molecule is COc1ccc(C(=O)Nc2c(C)nn(C)c2C)cc1Br. The predicted octanol–water partition coefficient (Wildman–Crippen LogP) is 3.06. The van der Waals surface area contributed by atoms with Crippen LogP contribution in [0.2, 0.25) is 0 Å². The van der Waals surface area contributed by atoms with Crippen molar-refractivity contribution >= 4 is 27.5 Å². The lowest BCUT2D eigenvalue weighted by atomic mass is 10.2. The Morgan fingerprint density at radius 3 is 2.60 bits per heavy atom. The van der Waals surface area contributed by atoms with Gasteiger partial charge in [0.2, 0.25) is 0 Å². The molecule has 106 valence electrons. The van der Waals surface area contributed by atoms with Crippen molar-refractivity contribution in [1.82, 2.24) is 9.78 Å². The molecule has 1 amide bonds. The second-order valence-electron chi connectivity index (χ2n) is 4.47. The summed E-state index contributed by atoms with van der Waals surface area (Å²) >= 11 is 3.37. The summed E-state index contributed by atoms with van der Waals surface area (Å²) in [6.45, 7) is 3.78. The number of methoxy groups -OCH3 is 1. The molecule has 5 nitrogen and oxygen atoms in total. The Bertz CT molecular complexity index is 665. The predicted molar refractivity (Wildman–Crippen MR) is 81.3 cm³/mol. The maximum absolute atomic E-state index is 12.3. The largest absolute Gasteiger partial charge is 0.496 e. The Hall–Kier alpha value is -1.82. The third-order valence-electron chi connectivity index (χ3n) is 3.16. The van der Waals surface area contributed by atoms with Crippen LogP contribution < -0.4 is 10.1 Å². The summed E-state index contributed by atoms with van der Waals surface area (Å²) in [5.74, 6) is 0.517. The number of carbonyl (C=O) groups is 1. The minimum atomic E-state index is -0.174. The first-order valence-corrected chi connectivity index (χ1v) is 6.88. The van der Waals surface area contributed by atoms with Gasteiger partial charge in [-0.3, -0.25) is 9.48 Å². The van der Waals surface area contributed by atoms with Crippen molar-refractivity contribution in [2.75, 3.05) is 12.4 Å². The van der Waals surface area contributed by atoms with Crippen LogP contribution in [-0.2, 0) is 7.05 Å². The molecule has 0 aliphatic carbocycles. The first kappa shape index (κ1) is 14.6. The lowest BCUT2D eigenvalue weighted by Gasteiger charge is -2.08. The molecule has 2 rings (SSSR count). The number of ether oxygens (including phenoxy) is 1. The molecule has 1 aromatic carbocycles. The maximum Gasteiger partial charge on any atom is 0.255 e. The second-order valence-corrected chi connectivity index (χ2v) is 5.33. The van der Waals surface area contributed by atoms with Gasteiger partial charge in [0.25, 0.3) is 5.91 Å². The monoisotopic (exact) mass is 337 g/mol. The number of nitrogens with one attached hydrogen (secondary N) is 1. The topological polar surface area (TPSA) is 56.1 Å². The van der Waals surface area contributed by atoms with E-state index in [2.05, 4.69) is 26.3 Å². The summed E-state index contributed by atoms with van der Waals surface area (Å²) in [5.41, 5.74) is 3.03. The van der Waals surface area contributed by atoms with E-state index in [1.807, 2.05) is 20.9 Å². The molecule has 0 aliphatic heterocycles. The number of halogens is 1. The highest BCUT2D eigenvalue weighted by atomic mass is 79.9. The van der Waals surface area contributed by atoms with Gasteiger partial charge in [-0.1, -0.05) is 0 Å². The van der Waals surface area contributed by atoms with E-state index in [1.165, 1.54) is 0 Å². The molecule has 20 heavy (non-hydrogen) atoms. The van der Waals surface area contributed by atoms with Crippen LogP contribution in [0.5, 0.6) is 5.75 Å². The molecule has 0 fully saturated rings. The molecule has 0 saturated heterocycles. The van der Waals surface area contributed by atoms with Crippen molar-refractivity contribution in [3.63, 3.8) is 0 Å². The van der Waals surface area contributed by atoms with Gasteiger partial charge in [0.05, 0.1) is 28.7 Å². The quantitative estimate of drug-likeness (QED) is 0.936. The molecule has 0 atom stereocenters. The number of rotatable bonds is 3. The third-order valence-corrected chi connectivity index (χ3v) is 3.78. The van der Waals surface area contributed by atoms with E-state index in [0.717, 1.165) is 21.5 Å². The normalized spacial score (nSPS) is 10.4. The summed E-state index contributed by atoms with van der Waals surface area (Å²) in [7, 11) is 3.43. The number of hydrogen-bond acceptors (Lipinski definition) is 3. The highest BCUT2D eigenvalue weighted by Crippen LogP contribution is 2.26. The van der Waals surface area contributed by atoms with Crippen molar-refractivity contribution in [3.8, 4) is 5.75 Å². The number of aryl methyl sites for hydroxylation is 2. The smallest absolute Gasteiger partial charge is 0.255 e. The van der Waals surface area contributed by atoms with Gasteiger partial charge < -0.3 is 10.1 Å². The van der Waals surface area contributed by atoms with Gasteiger partial charge in [-0.2, -0.15) is 5.10 Å². The van der Waals surface area contributed by atoms with Crippen molar-refractivity contribution in [2.24, 2.45) is 7.05 Å². The molecular formula is C14H16BrN3O2. The van der Waals surface area contributed by atoms with Crippen LogP contribution in [0, 0.1) is 13.8 Å². The van der Waals surface area contributed by atoms with Crippen LogP contribution in [0.4, 0.5) is 5.69 Å². The lowest BCUT2D eigenvalue weighted by Crippen LogP contribution is -2.13. The van der Waals surface area contributed by atoms with Gasteiger partial charge in [-0.05, 0) is 48.0 Å². The van der Waals surface area contributed by atoms with Gasteiger partial charge in [0.1, 0.15) is 5.75 Å². The number of carbonyl (C=O) groups excluding carboxylic acids is 1. The van der Waals surface area contributed by atoms with Gasteiger partial charge in [0.15, 0.2) is 0 Å². The molecule has 1 N–H and O–H groups in total. The van der Waals surface area contributed by atoms with Crippen molar-refractivity contribution in [3.05, 3.63) is 39.6 Å². The summed E-state index contributed by atoms with van der Waals surface area (Å²) in [4.78, 5) is 12.3. The fraction of sp³-hybridized carbons (Fsp3) is 0.286. The van der Waals surface area contributed by atoms with Crippen molar-refractivity contribution in [2.45, 2.75) is 13.8 Å². The van der Waals surface area contributed by atoms with E-state index in [9.17, 15) is 4.79 Å². The summed E-state index contributed by atoms with van der Waals surface area (Å²) in [6.07, 6.45) is 0. The molecular weight excluding hydrogens is 322 g/mol. The molecule has 0 unspecified atom stereocenters. The third kappa shape index (κ3) is 2.70. The Morgan fingerprint density at radius 1 is 1.40 bits per heavy atom. The summed E-state index contributed by atoms with van der Waals surface area (Å²) in [5, 5.41) is 7.17. The zero-order chi connectivity index (χ0) is 14.9. The zero-order valence-electron chi connectivity index (χ0n) is 11.8. The molecule has 1 heterocycles. The summed E-state index contributed by atoms with van der Waals surface area (Å²) in [6, 6.07) is 5.21. The molecule has 0 radical (unpaired) electrons. The van der Waals surface area contributed by atoms with Crippen LogP contribution in [0.15, 0.2) is 22.7 Å². The fourth-order valence-electron chi connectivity index (χ4n) is 1.95. The van der Waals surface area contributed by atoms with Gasteiger partial charge in [0, 0.05) is 12.6 Å². The van der Waals surface area contributed by atoms with E-state index in [4.69, 9.17) is 4.74 Å². The van der Waals surface area contributed by atoms with Crippen molar-refractivity contribution in [1.29, 1.82) is 0 Å². The van der Waals surface area contributed by atoms with Crippen LogP contribution in [-0.4, -0.2) is 22.8 Å². The molecule has 1 aromatic heterocycles. The Morgan fingerprint density at radius 2 is 2.10 bits per heavy atom. The molecule has 6 heteroatoms. The van der Waals surface area contributed by atoms with Gasteiger partial charge in [-0.15, -0.1) is 0 Å². The van der Waals surface area contributed by atoms with E-state index in [0.29, 0.717) is 11.3 Å². The average Bonchev–Trinajstić information content (AvgIpc) is 2.65. The minimum Gasteiger partial charge on any atom is -0.496 e. The molecule has 2 aromatic rings. The highest BCUT2D eigenvalue weighted by molar-refractivity contribution is 9.10. The maximum atomic E-state index is 12.3.